The Morgan fingerprint density at radius 2 is 1.85 bits per heavy atom. The summed E-state index contributed by atoms with van der Waals surface area (Å²) in [7, 11) is 0. The fourth-order valence-electron chi connectivity index (χ4n) is 2.70. The highest BCUT2D eigenvalue weighted by Crippen LogP contribution is 2.42. The Kier molecular flexibility index (Phi) is 4.30. The van der Waals surface area contributed by atoms with E-state index in [9.17, 15) is 22.7 Å². The minimum atomic E-state index is -4.22. The summed E-state index contributed by atoms with van der Waals surface area (Å²) in [5.74, 6) is -1.98. The standard InChI is InChI=1S/C14H15ClF4O/c15-11-3-1-2-9(12(11)16)8-13(20)6-4-10(5-7-13)14(17,18)19/h1-3,10,20H,4-8H2. The molecular formula is C14H15ClF4O. The monoisotopic (exact) mass is 310 g/mol. The maximum atomic E-state index is 13.8. The maximum absolute atomic E-state index is 13.8. The second-order valence-electron chi connectivity index (χ2n) is 5.43. The molecule has 0 aromatic heterocycles. The van der Waals surface area contributed by atoms with Gasteiger partial charge in [0, 0.05) is 6.42 Å². The van der Waals surface area contributed by atoms with Crippen LogP contribution in [-0.4, -0.2) is 16.9 Å². The zero-order valence-corrected chi connectivity index (χ0v) is 11.4. The van der Waals surface area contributed by atoms with E-state index < -0.39 is 23.5 Å². The normalized spacial score (nSPS) is 27.6. The number of halogens is 5. The highest BCUT2D eigenvalue weighted by Gasteiger charge is 2.45. The van der Waals surface area contributed by atoms with Gasteiger partial charge in [0.15, 0.2) is 0 Å². The molecule has 1 fully saturated rings. The molecule has 2 rings (SSSR count). The summed E-state index contributed by atoms with van der Waals surface area (Å²) >= 11 is 5.65. The third kappa shape index (κ3) is 3.44. The van der Waals surface area contributed by atoms with Crippen molar-refractivity contribution in [3.05, 3.63) is 34.6 Å². The quantitative estimate of drug-likeness (QED) is 0.797. The molecule has 1 nitrogen and oxygen atoms in total. The van der Waals surface area contributed by atoms with Crippen LogP contribution in [0.4, 0.5) is 17.6 Å². The lowest BCUT2D eigenvalue weighted by Crippen LogP contribution is -2.40. The molecule has 0 unspecified atom stereocenters. The van der Waals surface area contributed by atoms with Crippen LogP contribution in [-0.2, 0) is 6.42 Å². The fraction of sp³-hybridized carbons (Fsp3) is 0.571. The summed E-state index contributed by atoms with van der Waals surface area (Å²) in [6.07, 6.45) is -4.44. The highest BCUT2D eigenvalue weighted by atomic mass is 35.5. The summed E-state index contributed by atoms with van der Waals surface area (Å²) in [5, 5.41) is 10.3. The molecule has 0 saturated heterocycles. The molecule has 1 aromatic rings. The van der Waals surface area contributed by atoms with E-state index in [2.05, 4.69) is 0 Å². The van der Waals surface area contributed by atoms with Gasteiger partial charge in [0.1, 0.15) is 5.82 Å². The van der Waals surface area contributed by atoms with Crippen molar-refractivity contribution in [3.8, 4) is 0 Å². The van der Waals surface area contributed by atoms with E-state index in [1.165, 1.54) is 12.1 Å². The molecule has 6 heteroatoms. The number of benzene rings is 1. The van der Waals surface area contributed by atoms with E-state index in [4.69, 9.17) is 11.6 Å². The van der Waals surface area contributed by atoms with Gasteiger partial charge in [-0.25, -0.2) is 4.39 Å². The van der Waals surface area contributed by atoms with E-state index in [1.54, 1.807) is 6.07 Å². The van der Waals surface area contributed by atoms with E-state index in [1.807, 2.05) is 0 Å². The van der Waals surface area contributed by atoms with Crippen molar-refractivity contribution in [2.24, 2.45) is 5.92 Å². The zero-order valence-electron chi connectivity index (χ0n) is 10.7. The van der Waals surface area contributed by atoms with E-state index in [0.29, 0.717) is 0 Å². The molecule has 0 amide bonds. The average molecular weight is 311 g/mol. The van der Waals surface area contributed by atoms with Crippen LogP contribution in [0.3, 0.4) is 0 Å². The van der Waals surface area contributed by atoms with E-state index in [0.717, 1.165) is 0 Å². The third-order valence-electron chi connectivity index (χ3n) is 3.93. The van der Waals surface area contributed by atoms with Gasteiger partial charge in [0.05, 0.1) is 16.5 Å². The van der Waals surface area contributed by atoms with E-state index in [-0.39, 0.29) is 42.7 Å². The number of hydrogen-bond acceptors (Lipinski definition) is 1. The summed E-state index contributed by atoms with van der Waals surface area (Å²) in [6, 6.07) is 4.45. The Bertz CT molecular complexity index is 479. The Hall–Kier alpha value is -0.810. The lowest BCUT2D eigenvalue weighted by atomic mass is 9.75. The first kappa shape index (κ1) is 15.6. The Labute approximate surface area is 119 Å². The number of rotatable bonds is 2. The number of hydrogen-bond donors (Lipinski definition) is 1. The molecule has 0 atom stereocenters. The molecule has 1 aliphatic carbocycles. The molecular weight excluding hydrogens is 296 g/mol. The van der Waals surface area contributed by atoms with Crippen LogP contribution in [0.25, 0.3) is 0 Å². The van der Waals surface area contributed by atoms with Gasteiger partial charge in [-0.3, -0.25) is 0 Å². The molecule has 1 N–H and O–H groups in total. The number of aliphatic hydroxyl groups is 1. The molecule has 112 valence electrons. The van der Waals surface area contributed by atoms with Crippen molar-refractivity contribution in [1.29, 1.82) is 0 Å². The first-order valence-electron chi connectivity index (χ1n) is 6.43. The summed E-state index contributed by atoms with van der Waals surface area (Å²) in [6.45, 7) is 0. The predicted molar refractivity (Wildman–Crippen MR) is 68.1 cm³/mol. The maximum Gasteiger partial charge on any atom is 0.391 e. The van der Waals surface area contributed by atoms with Crippen molar-refractivity contribution >= 4 is 11.6 Å². The van der Waals surface area contributed by atoms with Gasteiger partial charge < -0.3 is 5.11 Å². The largest absolute Gasteiger partial charge is 0.391 e. The molecule has 0 spiro atoms. The number of alkyl halides is 3. The van der Waals surface area contributed by atoms with Crippen LogP contribution in [0.15, 0.2) is 18.2 Å². The van der Waals surface area contributed by atoms with Crippen LogP contribution in [0.5, 0.6) is 0 Å². The lowest BCUT2D eigenvalue weighted by molar-refractivity contribution is -0.192. The zero-order chi connectivity index (χ0) is 15.0. The molecule has 0 radical (unpaired) electrons. The summed E-state index contributed by atoms with van der Waals surface area (Å²) < 4.78 is 51.5. The molecule has 0 bridgehead atoms. The Morgan fingerprint density at radius 3 is 2.40 bits per heavy atom. The third-order valence-corrected chi connectivity index (χ3v) is 4.22. The molecule has 1 aliphatic rings. The van der Waals surface area contributed by atoms with Gasteiger partial charge in [-0.05, 0) is 37.3 Å². The smallest absolute Gasteiger partial charge is 0.390 e. The second kappa shape index (κ2) is 5.53. The van der Waals surface area contributed by atoms with Gasteiger partial charge in [-0.15, -0.1) is 0 Å². The van der Waals surface area contributed by atoms with Crippen LogP contribution in [0, 0.1) is 11.7 Å². The van der Waals surface area contributed by atoms with Gasteiger partial charge in [-0.1, -0.05) is 23.7 Å². The molecule has 1 aromatic carbocycles. The van der Waals surface area contributed by atoms with Crippen LogP contribution in [0.1, 0.15) is 31.2 Å². The van der Waals surface area contributed by atoms with Crippen LogP contribution in [0.2, 0.25) is 5.02 Å². The second-order valence-corrected chi connectivity index (χ2v) is 5.84. The minimum Gasteiger partial charge on any atom is -0.390 e. The Morgan fingerprint density at radius 1 is 1.25 bits per heavy atom. The minimum absolute atomic E-state index is 0.00995. The first-order chi connectivity index (χ1) is 9.21. The van der Waals surface area contributed by atoms with Crippen LogP contribution >= 0.6 is 11.6 Å². The topological polar surface area (TPSA) is 20.2 Å². The van der Waals surface area contributed by atoms with Gasteiger partial charge in [0.2, 0.25) is 0 Å². The first-order valence-corrected chi connectivity index (χ1v) is 6.81. The predicted octanol–water partition coefficient (Wildman–Crippen LogP) is 4.51. The SMILES string of the molecule is OC1(Cc2cccc(Cl)c2F)CCC(C(F)(F)F)CC1. The summed E-state index contributed by atoms with van der Waals surface area (Å²) in [4.78, 5) is 0. The average Bonchev–Trinajstić information content (AvgIpc) is 2.34. The van der Waals surface area contributed by atoms with Gasteiger partial charge >= 0.3 is 6.18 Å². The van der Waals surface area contributed by atoms with E-state index >= 15 is 0 Å². The summed E-state index contributed by atoms with van der Waals surface area (Å²) in [5.41, 5.74) is -1.04. The molecule has 20 heavy (non-hydrogen) atoms. The lowest BCUT2D eigenvalue weighted by Gasteiger charge is -2.36. The van der Waals surface area contributed by atoms with Crippen molar-refractivity contribution < 1.29 is 22.7 Å². The van der Waals surface area contributed by atoms with Crippen molar-refractivity contribution in [3.63, 3.8) is 0 Å². The molecule has 1 saturated carbocycles. The van der Waals surface area contributed by atoms with Crippen molar-refractivity contribution in [2.45, 2.75) is 43.9 Å². The van der Waals surface area contributed by atoms with Crippen molar-refractivity contribution in [1.82, 2.24) is 0 Å². The van der Waals surface area contributed by atoms with Crippen LogP contribution < -0.4 is 0 Å². The molecule has 0 aliphatic heterocycles. The highest BCUT2D eigenvalue weighted by molar-refractivity contribution is 6.30. The van der Waals surface area contributed by atoms with Crippen molar-refractivity contribution in [2.75, 3.05) is 0 Å². The molecule has 0 heterocycles. The Balaban J connectivity index is 2.05. The fourth-order valence-corrected chi connectivity index (χ4v) is 2.89. The van der Waals surface area contributed by atoms with Gasteiger partial charge in [0.25, 0.3) is 0 Å². The van der Waals surface area contributed by atoms with Gasteiger partial charge in [-0.2, -0.15) is 13.2 Å².